The highest BCUT2D eigenvalue weighted by Crippen LogP contribution is 2.31. The van der Waals surface area contributed by atoms with Crippen LogP contribution in [0.15, 0.2) is 27.8 Å². The van der Waals surface area contributed by atoms with Gasteiger partial charge in [0, 0.05) is 5.92 Å². The molecule has 5 nitrogen and oxygen atoms in total. The first-order chi connectivity index (χ1) is 10.6. The molecule has 0 atom stereocenters. The number of halogens is 1. The quantitative estimate of drug-likeness (QED) is 0.614. The highest BCUT2D eigenvalue weighted by atomic mass is 79.9. The van der Waals surface area contributed by atoms with E-state index in [9.17, 15) is 5.11 Å². The molecule has 0 unspecified atom stereocenters. The molecule has 0 spiro atoms. The number of phenols is 1. The van der Waals surface area contributed by atoms with Gasteiger partial charge in [0.05, 0.1) is 10.7 Å². The summed E-state index contributed by atoms with van der Waals surface area (Å²) in [7, 11) is 0. The van der Waals surface area contributed by atoms with Crippen LogP contribution in [-0.4, -0.2) is 26.2 Å². The number of phenolic OH excluding ortho intramolecular Hbond substituents is 1. The highest BCUT2D eigenvalue weighted by molar-refractivity contribution is 9.10. The van der Waals surface area contributed by atoms with Crippen molar-refractivity contribution in [3.63, 3.8) is 0 Å². The van der Waals surface area contributed by atoms with Crippen LogP contribution in [0.5, 0.6) is 5.75 Å². The first kappa shape index (κ1) is 15.4. The minimum absolute atomic E-state index is 0.208. The molecule has 1 aromatic heterocycles. The van der Waals surface area contributed by atoms with E-state index in [4.69, 9.17) is 12.2 Å². The van der Waals surface area contributed by atoms with Gasteiger partial charge in [-0.3, -0.25) is 5.10 Å². The Hall–Kier alpha value is -1.47. The molecule has 1 aliphatic rings. The van der Waals surface area contributed by atoms with E-state index in [-0.39, 0.29) is 5.75 Å². The zero-order valence-electron chi connectivity index (χ0n) is 12.0. The van der Waals surface area contributed by atoms with Crippen molar-refractivity contribution in [1.82, 2.24) is 14.9 Å². The second kappa shape index (κ2) is 6.75. The summed E-state index contributed by atoms with van der Waals surface area (Å²) in [4.78, 5) is 0. The number of aromatic amines is 1. The summed E-state index contributed by atoms with van der Waals surface area (Å²) >= 11 is 8.58. The SMILES string of the molecule is Oc1ccc(/C=N\n2c(C3CCCCC3)n[nH]c2=S)cc1Br. The van der Waals surface area contributed by atoms with Gasteiger partial charge in [-0.15, -0.1) is 0 Å². The van der Waals surface area contributed by atoms with Crippen LogP contribution in [0.4, 0.5) is 0 Å². The van der Waals surface area contributed by atoms with Crippen molar-refractivity contribution in [2.45, 2.75) is 38.0 Å². The molecule has 1 saturated carbocycles. The summed E-state index contributed by atoms with van der Waals surface area (Å²) in [5.74, 6) is 1.55. The van der Waals surface area contributed by atoms with Gasteiger partial charge in [0.15, 0.2) is 5.82 Å². The Morgan fingerprint density at radius 2 is 2.14 bits per heavy atom. The van der Waals surface area contributed by atoms with E-state index >= 15 is 0 Å². The van der Waals surface area contributed by atoms with E-state index in [1.165, 1.54) is 19.3 Å². The Morgan fingerprint density at radius 3 is 2.86 bits per heavy atom. The van der Waals surface area contributed by atoms with Crippen LogP contribution in [0.25, 0.3) is 0 Å². The number of aromatic hydroxyl groups is 1. The molecule has 2 N–H and O–H groups in total. The van der Waals surface area contributed by atoms with Crippen LogP contribution < -0.4 is 0 Å². The van der Waals surface area contributed by atoms with Gasteiger partial charge in [-0.2, -0.15) is 14.9 Å². The molecule has 0 bridgehead atoms. The maximum Gasteiger partial charge on any atom is 0.216 e. The summed E-state index contributed by atoms with van der Waals surface area (Å²) < 4.78 is 2.86. The molecule has 1 heterocycles. The number of H-pyrrole nitrogens is 1. The van der Waals surface area contributed by atoms with Crippen molar-refractivity contribution in [2.24, 2.45) is 5.10 Å². The van der Waals surface area contributed by atoms with E-state index in [1.54, 1.807) is 23.0 Å². The minimum atomic E-state index is 0.208. The Bertz CT molecular complexity index is 746. The second-order valence-corrected chi connectivity index (χ2v) is 6.73. The molecule has 1 aromatic carbocycles. The van der Waals surface area contributed by atoms with Crippen LogP contribution in [-0.2, 0) is 0 Å². The van der Waals surface area contributed by atoms with Crippen LogP contribution in [0.1, 0.15) is 49.4 Å². The van der Waals surface area contributed by atoms with Gasteiger partial charge in [-0.25, -0.2) is 0 Å². The molecule has 0 aliphatic heterocycles. The van der Waals surface area contributed by atoms with Gasteiger partial charge in [0.1, 0.15) is 5.75 Å². The molecular formula is C15H17BrN4OS. The van der Waals surface area contributed by atoms with Gasteiger partial charge >= 0.3 is 0 Å². The molecule has 0 saturated heterocycles. The molecular weight excluding hydrogens is 364 g/mol. The lowest BCUT2D eigenvalue weighted by Gasteiger charge is -2.19. The Balaban J connectivity index is 1.88. The largest absolute Gasteiger partial charge is 0.507 e. The third-order valence-corrected chi connectivity index (χ3v) is 4.84. The van der Waals surface area contributed by atoms with Gasteiger partial charge < -0.3 is 5.11 Å². The fourth-order valence-corrected chi connectivity index (χ4v) is 3.35. The zero-order chi connectivity index (χ0) is 15.5. The van der Waals surface area contributed by atoms with Gasteiger partial charge in [-0.05, 0) is 64.8 Å². The van der Waals surface area contributed by atoms with Crippen LogP contribution in [0.2, 0.25) is 0 Å². The monoisotopic (exact) mass is 380 g/mol. The molecule has 3 rings (SSSR count). The van der Waals surface area contributed by atoms with Crippen molar-refractivity contribution in [3.8, 4) is 5.75 Å². The van der Waals surface area contributed by atoms with Crippen LogP contribution in [0.3, 0.4) is 0 Å². The molecule has 116 valence electrons. The Kier molecular flexibility index (Phi) is 4.73. The van der Waals surface area contributed by atoms with E-state index < -0.39 is 0 Å². The van der Waals surface area contributed by atoms with E-state index in [0.29, 0.717) is 15.2 Å². The summed E-state index contributed by atoms with van der Waals surface area (Å²) in [6.45, 7) is 0. The van der Waals surface area contributed by atoms with Gasteiger partial charge in [-0.1, -0.05) is 19.3 Å². The molecule has 0 amide bonds. The molecule has 1 aliphatic carbocycles. The van der Waals surface area contributed by atoms with Gasteiger partial charge in [0.25, 0.3) is 0 Å². The summed E-state index contributed by atoms with van der Waals surface area (Å²) in [5, 5.41) is 21.2. The number of aromatic nitrogens is 3. The fourth-order valence-electron chi connectivity index (χ4n) is 2.77. The average Bonchev–Trinajstić information content (AvgIpc) is 2.90. The smallest absolute Gasteiger partial charge is 0.216 e. The average molecular weight is 381 g/mol. The lowest BCUT2D eigenvalue weighted by Crippen LogP contribution is -2.10. The predicted molar refractivity (Wildman–Crippen MR) is 92.0 cm³/mol. The fraction of sp³-hybridized carbons (Fsp3) is 0.400. The minimum Gasteiger partial charge on any atom is -0.507 e. The topological polar surface area (TPSA) is 66.2 Å². The number of hydrogen-bond acceptors (Lipinski definition) is 4. The molecule has 1 fully saturated rings. The number of nitrogens with zero attached hydrogens (tertiary/aromatic N) is 3. The lowest BCUT2D eigenvalue weighted by molar-refractivity contribution is 0.419. The summed E-state index contributed by atoms with van der Waals surface area (Å²) in [6, 6.07) is 5.23. The molecule has 2 aromatic rings. The number of nitrogens with one attached hydrogen (secondary N) is 1. The number of rotatable bonds is 3. The zero-order valence-corrected chi connectivity index (χ0v) is 14.4. The number of hydrogen-bond donors (Lipinski definition) is 2. The third-order valence-electron chi connectivity index (χ3n) is 3.94. The third kappa shape index (κ3) is 3.30. The normalized spacial score (nSPS) is 16.4. The van der Waals surface area contributed by atoms with Crippen molar-refractivity contribution in [2.75, 3.05) is 0 Å². The maximum absolute atomic E-state index is 9.53. The summed E-state index contributed by atoms with van der Waals surface area (Å²) in [6.07, 6.45) is 7.77. The summed E-state index contributed by atoms with van der Waals surface area (Å²) in [5.41, 5.74) is 0.877. The van der Waals surface area contributed by atoms with Crippen molar-refractivity contribution >= 4 is 34.4 Å². The second-order valence-electron chi connectivity index (χ2n) is 5.49. The van der Waals surface area contributed by atoms with Gasteiger partial charge in [0.2, 0.25) is 4.77 Å². The van der Waals surface area contributed by atoms with Crippen LogP contribution in [0, 0.1) is 4.77 Å². The first-order valence-electron chi connectivity index (χ1n) is 7.35. The standard InChI is InChI=1S/C15H17BrN4OS/c16-12-8-10(6-7-13(12)21)9-17-20-14(18-19-15(20)22)11-4-2-1-3-5-11/h6-9,11,21H,1-5H2,(H,19,22)/b17-9-. The predicted octanol–water partition coefficient (Wildman–Crippen LogP) is 4.34. The molecule has 7 heteroatoms. The van der Waals surface area contributed by atoms with E-state index in [2.05, 4.69) is 31.2 Å². The Morgan fingerprint density at radius 1 is 1.36 bits per heavy atom. The first-order valence-corrected chi connectivity index (χ1v) is 8.55. The van der Waals surface area contributed by atoms with Crippen molar-refractivity contribution in [1.29, 1.82) is 0 Å². The van der Waals surface area contributed by atoms with Crippen LogP contribution >= 0.6 is 28.1 Å². The maximum atomic E-state index is 9.53. The molecule has 22 heavy (non-hydrogen) atoms. The van der Waals surface area contributed by atoms with E-state index in [0.717, 1.165) is 24.2 Å². The van der Waals surface area contributed by atoms with E-state index in [1.807, 2.05) is 6.07 Å². The molecule has 0 radical (unpaired) electrons. The van der Waals surface area contributed by atoms with Crippen molar-refractivity contribution in [3.05, 3.63) is 38.8 Å². The lowest BCUT2D eigenvalue weighted by atomic mass is 9.89. The number of benzene rings is 1. The highest BCUT2D eigenvalue weighted by Gasteiger charge is 2.21. The van der Waals surface area contributed by atoms with Crippen molar-refractivity contribution < 1.29 is 5.11 Å². The Labute approximate surface area is 142 Å².